The molecule has 0 radical (unpaired) electrons. The maximum Gasteiger partial charge on any atom is 0.254 e. The smallest absolute Gasteiger partial charge is 0.254 e. The lowest BCUT2D eigenvalue weighted by Gasteiger charge is -2.35. The Morgan fingerprint density at radius 3 is 2.38 bits per heavy atom. The van der Waals surface area contributed by atoms with E-state index in [-0.39, 0.29) is 30.1 Å². The topological polar surface area (TPSA) is 110 Å². The Morgan fingerprint density at radius 2 is 1.69 bits per heavy atom. The number of hydrogen-bond acceptors (Lipinski definition) is 6. The number of carbonyl (C=O) groups excluding carboxylic acids is 2. The number of piperidine rings is 2. The third-order valence-corrected chi connectivity index (χ3v) is 6.26. The number of hydrogen-bond donors (Lipinski definition) is 1. The van der Waals surface area contributed by atoms with Gasteiger partial charge >= 0.3 is 0 Å². The molecule has 9 nitrogen and oxygen atoms in total. The van der Waals surface area contributed by atoms with Crippen molar-refractivity contribution in [3.63, 3.8) is 0 Å². The second kappa shape index (κ2) is 7.96. The normalized spacial score (nSPS) is 18.4. The van der Waals surface area contributed by atoms with Gasteiger partial charge in [0.15, 0.2) is 0 Å². The van der Waals surface area contributed by atoms with Gasteiger partial charge in [-0.1, -0.05) is 0 Å². The predicted octanol–water partition coefficient (Wildman–Crippen LogP) is 1.12. The second-order valence-electron chi connectivity index (χ2n) is 8.16. The third kappa shape index (κ3) is 3.90. The molecule has 0 saturated carbocycles. The Morgan fingerprint density at radius 1 is 1.00 bits per heavy atom. The van der Waals surface area contributed by atoms with Gasteiger partial charge in [0.1, 0.15) is 0 Å². The summed E-state index contributed by atoms with van der Waals surface area (Å²) in [6.45, 7) is 6.82. The third-order valence-electron chi connectivity index (χ3n) is 6.26. The van der Waals surface area contributed by atoms with Crippen molar-refractivity contribution in [2.75, 3.05) is 31.9 Å². The molecule has 2 amide bonds. The molecule has 0 aliphatic carbocycles. The Kier molecular flexibility index (Phi) is 5.38. The van der Waals surface area contributed by atoms with Gasteiger partial charge in [-0.2, -0.15) is 9.50 Å². The zero-order valence-corrected chi connectivity index (χ0v) is 17.2. The number of anilines is 1. The van der Waals surface area contributed by atoms with E-state index in [0.717, 1.165) is 55.7 Å². The number of nitrogen functional groups attached to an aromatic ring is 1. The molecule has 2 N–H and O–H groups in total. The molecule has 2 aromatic heterocycles. The number of fused-ring (bicyclic) bond motifs is 1. The number of aromatic nitrogens is 4. The van der Waals surface area contributed by atoms with Crippen LogP contribution in [0.1, 0.15) is 49.1 Å². The molecule has 2 saturated heterocycles. The number of carbonyl (C=O) groups is 2. The molecule has 0 unspecified atom stereocenters. The highest BCUT2D eigenvalue weighted by Crippen LogP contribution is 2.23. The Labute approximate surface area is 170 Å². The van der Waals surface area contributed by atoms with Crippen LogP contribution in [0.25, 0.3) is 5.78 Å². The number of amides is 2. The van der Waals surface area contributed by atoms with Crippen molar-refractivity contribution in [3.05, 3.63) is 17.0 Å². The molecule has 29 heavy (non-hydrogen) atoms. The summed E-state index contributed by atoms with van der Waals surface area (Å²) in [7, 11) is 0. The van der Waals surface area contributed by atoms with Crippen molar-refractivity contribution >= 4 is 23.5 Å². The molecule has 0 aromatic carbocycles. The van der Waals surface area contributed by atoms with Gasteiger partial charge < -0.3 is 15.5 Å². The first-order valence-corrected chi connectivity index (χ1v) is 10.5. The van der Waals surface area contributed by atoms with Crippen LogP contribution in [0.4, 0.5) is 5.95 Å². The highest BCUT2D eigenvalue weighted by atomic mass is 16.2. The van der Waals surface area contributed by atoms with Crippen LogP contribution in [0.3, 0.4) is 0 Å². The van der Waals surface area contributed by atoms with E-state index in [9.17, 15) is 9.59 Å². The minimum Gasteiger partial charge on any atom is -0.366 e. The van der Waals surface area contributed by atoms with Crippen molar-refractivity contribution in [3.8, 4) is 0 Å². The Balaban J connectivity index is 1.39. The van der Waals surface area contributed by atoms with Gasteiger partial charge in [0, 0.05) is 49.0 Å². The molecule has 2 aromatic rings. The monoisotopic (exact) mass is 399 g/mol. The van der Waals surface area contributed by atoms with Crippen molar-refractivity contribution in [1.29, 1.82) is 0 Å². The molecule has 0 spiro atoms. The Bertz CT molecular complexity index is 925. The average molecular weight is 399 g/mol. The first kappa shape index (κ1) is 19.6. The number of aryl methyl sites for hydroxylation is 2. The minimum atomic E-state index is 0.0526. The van der Waals surface area contributed by atoms with Crippen LogP contribution in [0, 0.1) is 19.8 Å². The fourth-order valence-electron chi connectivity index (χ4n) is 4.49. The van der Waals surface area contributed by atoms with Crippen LogP contribution >= 0.6 is 0 Å². The van der Waals surface area contributed by atoms with Gasteiger partial charge in [-0.25, -0.2) is 4.98 Å². The van der Waals surface area contributed by atoms with E-state index in [1.807, 2.05) is 23.6 Å². The van der Waals surface area contributed by atoms with Gasteiger partial charge in [0.2, 0.25) is 17.8 Å². The summed E-state index contributed by atoms with van der Waals surface area (Å²) in [5, 5.41) is 4.16. The highest BCUT2D eigenvalue weighted by Gasteiger charge is 2.31. The van der Waals surface area contributed by atoms with Gasteiger partial charge in [-0.05, 0) is 46.0 Å². The average Bonchev–Trinajstić information content (AvgIpc) is 3.11. The van der Waals surface area contributed by atoms with E-state index in [1.54, 1.807) is 4.52 Å². The SMILES string of the molecule is Cc1nc2nc(N)nn2c(C)c1CC(=O)N1CCC(C(=O)N2CCCCC2)CC1. The fourth-order valence-corrected chi connectivity index (χ4v) is 4.49. The summed E-state index contributed by atoms with van der Waals surface area (Å²) in [6, 6.07) is 0. The molecule has 4 rings (SSSR count). The summed E-state index contributed by atoms with van der Waals surface area (Å²) >= 11 is 0. The van der Waals surface area contributed by atoms with E-state index < -0.39 is 0 Å². The van der Waals surface area contributed by atoms with Crippen LogP contribution in [0.5, 0.6) is 0 Å². The first-order chi connectivity index (χ1) is 13.9. The lowest BCUT2D eigenvalue weighted by Crippen LogP contribution is -2.46. The van der Waals surface area contributed by atoms with Gasteiger partial charge in [-0.15, -0.1) is 5.10 Å². The largest absolute Gasteiger partial charge is 0.366 e. The molecule has 9 heteroatoms. The summed E-state index contributed by atoms with van der Waals surface area (Å²) in [6.07, 6.45) is 5.20. The van der Waals surface area contributed by atoms with E-state index in [1.165, 1.54) is 6.42 Å². The zero-order chi connectivity index (χ0) is 20.5. The van der Waals surface area contributed by atoms with Crippen LogP contribution in [-0.2, 0) is 16.0 Å². The molecular weight excluding hydrogens is 370 g/mol. The molecule has 4 heterocycles. The van der Waals surface area contributed by atoms with E-state index in [2.05, 4.69) is 15.1 Å². The molecule has 0 bridgehead atoms. The summed E-state index contributed by atoms with van der Waals surface area (Å²) < 4.78 is 1.59. The van der Waals surface area contributed by atoms with Crippen LogP contribution in [0.2, 0.25) is 0 Å². The number of nitrogens with two attached hydrogens (primary N) is 1. The van der Waals surface area contributed by atoms with Crippen molar-refractivity contribution in [1.82, 2.24) is 29.4 Å². The van der Waals surface area contributed by atoms with E-state index >= 15 is 0 Å². The quantitative estimate of drug-likeness (QED) is 0.828. The second-order valence-corrected chi connectivity index (χ2v) is 8.16. The summed E-state index contributed by atoms with van der Waals surface area (Å²) in [5.74, 6) is 1.02. The minimum absolute atomic E-state index is 0.0526. The maximum absolute atomic E-state index is 12.9. The van der Waals surface area contributed by atoms with Gasteiger partial charge in [-0.3, -0.25) is 9.59 Å². The predicted molar refractivity (Wildman–Crippen MR) is 108 cm³/mol. The summed E-state index contributed by atoms with van der Waals surface area (Å²) in [4.78, 5) is 38.1. The molecule has 156 valence electrons. The molecule has 2 aliphatic heterocycles. The van der Waals surface area contributed by atoms with Crippen molar-refractivity contribution < 1.29 is 9.59 Å². The molecular formula is C20H29N7O2. The van der Waals surface area contributed by atoms with Gasteiger partial charge in [0.25, 0.3) is 5.78 Å². The lowest BCUT2D eigenvalue weighted by molar-refractivity contribution is -0.141. The number of nitrogens with zero attached hydrogens (tertiary/aromatic N) is 6. The number of likely N-dealkylation sites (tertiary alicyclic amines) is 2. The van der Waals surface area contributed by atoms with Gasteiger partial charge in [0.05, 0.1) is 6.42 Å². The zero-order valence-electron chi connectivity index (χ0n) is 17.2. The number of rotatable bonds is 3. The molecule has 0 atom stereocenters. The van der Waals surface area contributed by atoms with Crippen LogP contribution in [0.15, 0.2) is 0 Å². The lowest BCUT2D eigenvalue weighted by atomic mass is 9.94. The standard InChI is InChI=1S/C20H29N7O2/c1-13-16(14(2)27-20(22-13)23-19(21)24-27)12-17(28)25-10-6-15(7-11-25)18(29)26-8-4-3-5-9-26/h15H,3-12H2,1-2H3,(H2,21,24). The fraction of sp³-hybridized carbons (Fsp3) is 0.650. The Hall–Kier alpha value is -2.71. The molecule has 2 fully saturated rings. The van der Waals surface area contributed by atoms with Crippen molar-refractivity contribution in [2.24, 2.45) is 5.92 Å². The first-order valence-electron chi connectivity index (χ1n) is 10.5. The van der Waals surface area contributed by atoms with Crippen LogP contribution in [-0.4, -0.2) is 67.4 Å². The van der Waals surface area contributed by atoms with Crippen LogP contribution < -0.4 is 5.73 Å². The summed E-state index contributed by atoms with van der Waals surface area (Å²) in [5.41, 5.74) is 8.14. The highest BCUT2D eigenvalue weighted by molar-refractivity contribution is 5.81. The maximum atomic E-state index is 12.9. The van der Waals surface area contributed by atoms with Crippen molar-refractivity contribution in [2.45, 2.75) is 52.4 Å². The van der Waals surface area contributed by atoms with E-state index in [0.29, 0.717) is 18.9 Å². The molecule has 2 aliphatic rings. The van der Waals surface area contributed by atoms with E-state index in [4.69, 9.17) is 5.73 Å².